The van der Waals surface area contributed by atoms with Gasteiger partial charge in [-0.1, -0.05) is 28.4 Å². The summed E-state index contributed by atoms with van der Waals surface area (Å²) >= 11 is 5.43. The summed E-state index contributed by atoms with van der Waals surface area (Å²) in [4.78, 5) is 23.7. The van der Waals surface area contributed by atoms with Gasteiger partial charge in [0.25, 0.3) is 0 Å². The fraction of sp³-hybridized carbons (Fsp3) is 0.471. The Bertz CT molecular complexity index is 1650. The van der Waals surface area contributed by atoms with E-state index in [4.69, 9.17) is 18.9 Å². The lowest BCUT2D eigenvalue weighted by Gasteiger charge is -2.16. The standard InChI is InChI=1S/C34H43BrN6O6S/c1-2-46-27-17-21-16-25-31(40-41-33(25)37-23-7-5-6-22(35)18-23)24(21)19-28(27)47-15-14-45-13-12-44-11-10-36-30(42)9-4-3-8-29-32-26(20-48-29)38-34(43)39-32/h5-7,16-19,26,29,32,37,40-41H,2-4,8-15,20H2,1H3,(H,36,42)(H2,38,39,43). The van der Waals surface area contributed by atoms with E-state index < -0.39 is 0 Å². The molecule has 48 heavy (non-hydrogen) atoms. The third-order valence-electron chi connectivity index (χ3n) is 8.44. The zero-order valence-corrected chi connectivity index (χ0v) is 29.4. The van der Waals surface area contributed by atoms with Crippen LogP contribution in [0.4, 0.5) is 16.3 Å². The van der Waals surface area contributed by atoms with Crippen molar-refractivity contribution in [3.63, 3.8) is 0 Å². The fourth-order valence-electron chi connectivity index (χ4n) is 6.16. The van der Waals surface area contributed by atoms with Crippen LogP contribution in [-0.2, 0) is 14.3 Å². The van der Waals surface area contributed by atoms with Crippen LogP contribution < -0.4 is 30.7 Å². The van der Waals surface area contributed by atoms with Crippen molar-refractivity contribution in [2.45, 2.75) is 49.9 Å². The molecule has 1 aliphatic carbocycles. The van der Waals surface area contributed by atoms with Crippen LogP contribution in [0.15, 0.2) is 46.9 Å². The molecule has 2 saturated heterocycles. The number of ether oxygens (including phenoxy) is 4. The van der Waals surface area contributed by atoms with E-state index in [0.29, 0.717) is 69.4 Å². The van der Waals surface area contributed by atoms with E-state index in [1.54, 1.807) is 0 Å². The molecule has 14 heteroatoms. The Morgan fingerprint density at radius 1 is 0.979 bits per heavy atom. The van der Waals surface area contributed by atoms with Gasteiger partial charge in [-0.2, -0.15) is 11.8 Å². The van der Waals surface area contributed by atoms with Gasteiger partial charge < -0.3 is 40.2 Å². The summed E-state index contributed by atoms with van der Waals surface area (Å²) in [5.74, 6) is 3.23. The lowest BCUT2D eigenvalue weighted by molar-refractivity contribution is -0.121. The van der Waals surface area contributed by atoms with Crippen LogP contribution >= 0.6 is 27.7 Å². The number of nitrogens with one attached hydrogen (secondary N) is 6. The number of hydrogen-bond donors (Lipinski definition) is 6. The molecule has 0 radical (unpaired) electrons. The second-order valence-corrected chi connectivity index (χ2v) is 14.0. The quantitative estimate of drug-likeness (QED) is 0.0525. The maximum atomic E-state index is 12.2. The number of H-pyrrole nitrogens is 2. The number of anilines is 2. The number of carbonyl (C=O) groups excluding carboxylic acids is 2. The molecule has 6 rings (SSSR count). The highest BCUT2D eigenvalue weighted by atomic mass is 79.9. The van der Waals surface area contributed by atoms with Gasteiger partial charge in [-0.3, -0.25) is 15.0 Å². The third kappa shape index (κ3) is 8.70. The summed E-state index contributed by atoms with van der Waals surface area (Å²) in [6, 6.07) is 14.6. The van der Waals surface area contributed by atoms with Crippen molar-refractivity contribution in [2.75, 3.05) is 57.3 Å². The van der Waals surface area contributed by atoms with Crippen LogP contribution in [0.25, 0.3) is 22.0 Å². The number of fused-ring (bicyclic) bond motifs is 4. The Kier molecular flexibility index (Phi) is 11.9. The van der Waals surface area contributed by atoms with Crippen molar-refractivity contribution in [1.29, 1.82) is 0 Å². The average molecular weight is 744 g/mol. The molecule has 2 aromatic rings. The number of unbranched alkanes of at least 4 members (excludes halogenated alkanes) is 1. The Morgan fingerprint density at radius 3 is 2.67 bits per heavy atom. The maximum Gasteiger partial charge on any atom is 0.315 e. The SMILES string of the molecule is CCOc1cc2cc3c(Nc4cccc(Br)c4)[nH][nH]c-3c2cc1OCCOCCOCCNC(=O)CCCCC1SCC2NC(=O)NC21. The molecule has 0 saturated carbocycles. The fourth-order valence-corrected chi connectivity index (χ4v) is 8.10. The third-order valence-corrected chi connectivity index (χ3v) is 10.4. The first-order valence-corrected chi connectivity index (χ1v) is 18.4. The second-order valence-electron chi connectivity index (χ2n) is 11.8. The van der Waals surface area contributed by atoms with Gasteiger partial charge in [0.2, 0.25) is 5.91 Å². The Labute approximate surface area is 292 Å². The Hall–Kier alpha value is -3.59. The van der Waals surface area contributed by atoms with Gasteiger partial charge in [0.1, 0.15) is 12.4 Å². The molecule has 3 atom stereocenters. The Morgan fingerprint density at radius 2 is 1.81 bits per heavy atom. The van der Waals surface area contributed by atoms with Crippen LogP contribution in [0.2, 0.25) is 0 Å². The first-order valence-electron chi connectivity index (χ1n) is 16.5. The maximum absolute atomic E-state index is 12.2. The summed E-state index contributed by atoms with van der Waals surface area (Å²) in [7, 11) is 0. The average Bonchev–Trinajstić information content (AvgIpc) is 3.82. The summed E-state index contributed by atoms with van der Waals surface area (Å²) in [6.45, 7) is 5.02. The molecule has 12 nitrogen and oxygen atoms in total. The number of benzene rings is 2. The van der Waals surface area contributed by atoms with Gasteiger partial charge in [0, 0.05) is 45.1 Å². The van der Waals surface area contributed by atoms with E-state index in [9.17, 15) is 9.59 Å². The number of aromatic nitrogens is 2. The summed E-state index contributed by atoms with van der Waals surface area (Å²) in [5, 5.41) is 21.4. The number of aromatic amines is 2. The number of rotatable bonds is 19. The molecular weight excluding hydrogens is 700 g/mol. The van der Waals surface area contributed by atoms with E-state index >= 15 is 0 Å². The number of carbonyl (C=O) groups is 2. The van der Waals surface area contributed by atoms with Gasteiger partial charge >= 0.3 is 6.03 Å². The largest absolute Gasteiger partial charge is 0.490 e. The van der Waals surface area contributed by atoms with Gasteiger partial charge in [-0.25, -0.2) is 4.79 Å². The van der Waals surface area contributed by atoms with Crippen LogP contribution in [0.1, 0.15) is 32.6 Å². The molecule has 6 N–H and O–H groups in total. The molecule has 0 bridgehead atoms. The summed E-state index contributed by atoms with van der Waals surface area (Å²) < 4.78 is 24.3. The van der Waals surface area contributed by atoms with Crippen molar-refractivity contribution >= 4 is 61.9 Å². The topological polar surface area (TPSA) is 151 Å². The predicted molar refractivity (Wildman–Crippen MR) is 192 cm³/mol. The number of amides is 3. The highest BCUT2D eigenvalue weighted by Gasteiger charge is 2.42. The van der Waals surface area contributed by atoms with Crippen LogP contribution in [-0.4, -0.2) is 91.4 Å². The Balaban J connectivity index is 0.846. The highest BCUT2D eigenvalue weighted by molar-refractivity contribution is 9.10. The molecule has 258 valence electrons. The first-order chi connectivity index (χ1) is 23.5. The van der Waals surface area contributed by atoms with E-state index in [2.05, 4.69) is 53.5 Å². The minimum absolute atomic E-state index is 0.0407. The number of hydrogen-bond acceptors (Lipinski definition) is 8. The molecule has 3 unspecified atom stereocenters. The smallest absolute Gasteiger partial charge is 0.315 e. The van der Waals surface area contributed by atoms with Gasteiger partial charge in [-0.05, 0) is 61.5 Å². The first kappa shape index (κ1) is 34.3. The van der Waals surface area contributed by atoms with E-state index in [1.165, 1.54) is 0 Å². The number of halogens is 1. The van der Waals surface area contributed by atoms with Crippen molar-refractivity contribution in [3.8, 4) is 22.8 Å². The minimum Gasteiger partial charge on any atom is -0.490 e. The molecular formula is C34H43BrN6O6S. The monoisotopic (exact) mass is 742 g/mol. The molecule has 3 heterocycles. The molecule has 3 amide bonds. The van der Waals surface area contributed by atoms with E-state index in [1.807, 2.05) is 55.1 Å². The lowest BCUT2D eigenvalue weighted by Crippen LogP contribution is -2.36. The van der Waals surface area contributed by atoms with E-state index in [-0.39, 0.29) is 24.0 Å². The summed E-state index contributed by atoms with van der Waals surface area (Å²) in [5.41, 5.74) is 2.99. The van der Waals surface area contributed by atoms with Crippen LogP contribution in [0, 0.1) is 0 Å². The van der Waals surface area contributed by atoms with Crippen molar-refractivity contribution in [1.82, 2.24) is 26.1 Å². The molecule has 2 fully saturated rings. The van der Waals surface area contributed by atoms with Crippen molar-refractivity contribution < 1.29 is 28.5 Å². The number of thioether (sulfide) groups is 1. The second kappa shape index (κ2) is 16.7. The normalized spacial score (nSPS) is 18.5. The molecule has 4 aliphatic rings. The minimum atomic E-state index is -0.0598. The van der Waals surface area contributed by atoms with Gasteiger partial charge in [-0.15, -0.1) is 0 Å². The van der Waals surface area contributed by atoms with Gasteiger partial charge in [0.05, 0.1) is 50.8 Å². The predicted octanol–water partition coefficient (Wildman–Crippen LogP) is 5.76. The van der Waals surface area contributed by atoms with Gasteiger partial charge in [0.15, 0.2) is 11.5 Å². The summed E-state index contributed by atoms with van der Waals surface area (Å²) in [6.07, 6.45) is 3.32. The van der Waals surface area contributed by atoms with Crippen molar-refractivity contribution in [2.24, 2.45) is 0 Å². The zero-order valence-electron chi connectivity index (χ0n) is 27.0. The van der Waals surface area contributed by atoms with E-state index in [0.717, 1.165) is 63.0 Å². The molecule has 2 aromatic carbocycles. The van der Waals surface area contributed by atoms with Crippen molar-refractivity contribution in [3.05, 3.63) is 46.9 Å². The van der Waals surface area contributed by atoms with Crippen LogP contribution in [0.3, 0.4) is 0 Å². The molecule has 0 aromatic heterocycles. The number of urea groups is 1. The van der Waals surface area contributed by atoms with Crippen LogP contribution in [0.5, 0.6) is 11.5 Å². The molecule has 3 aliphatic heterocycles. The highest BCUT2D eigenvalue weighted by Crippen LogP contribution is 2.43. The zero-order chi connectivity index (χ0) is 33.3. The lowest BCUT2D eigenvalue weighted by atomic mass is 10.0. The molecule has 0 spiro atoms.